The number of fused-ring (bicyclic) bond motifs is 1. The summed E-state index contributed by atoms with van der Waals surface area (Å²) >= 11 is 0. The van der Waals surface area contributed by atoms with Gasteiger partial charge in [-0.1, -0.05) is 41.5 Å². The average Bonchev–Trinajstić information content (AvgIpc) is 2.45. The minimum absolute atomic E-state index is 0.0946. The maximum absolute atomic E-state index is 6.42. The maximum atomic E-state index is 6.42. The van der Waals surface area contributed by atoms with Gasteiger partial charge in [0, 0.05) is 11.6 Å². The van der Waals surface area contributed by atoms with E-state index >= 15 is 0 Å². The fourth-order valence-corrected chi connectivity index (χ4v) is 2.94. The number of para-hydroxylation sites is 1. The van der Waals surface area contributed by atoms with E-state index in [9.17, 15) is 0 Å². The molecular weight excluding hydrogens is 262 g/mol. The Hall–Kier alpha value is -2.00. The fraction of sp³-hybridized carbons (Fsp3) is 0.333. The molecule has 0 radical (unpaired) electrons. The molecule has 2 aromatic rings. The van der Waals surface area contributed by atoms with Gasteiger partial charge in [-0.3, -0.25) is 0 Å². The molecule has 0 amide bonds. The standard InChI is InChI=1S/C18H21NO2/c1-12-8-13(2)10-14(9-12)11-16(19)15-4-3-5-17-18(15)21-7-6-20-17/h3-5,8-10,16H,6-7,11,19H2,1-2H3. The van der Waals surface area contributed by atoms with Crippen molar-refractivity contribution in [3.8, 4) is 11.5 Å². The molecule has 110 valence electrons. The molecule has 21 heavy (non-hydrogen) atoms. The summed E-state index contributed by atoms with van der Waals surface area (Å²) in [5.41, 5.74) is 11.2. The summed E-state index contributed by atoms with van der Waals surface area (Å²) in [5, 5.41) is 0. The molecular formula is C18H21NO2. The average molecular weight is 283 g/mol. The van der Waals surface area contributed by atoms with E-state index in [0.29, 0.717) is 13.2 Å². The van der Waals surface area contributed by atoms with Crippen LogP contribution in [0.1, 0.15) is 28.3 Å². The topological polar surface area (TPSA) is 44.5 Å². The lowest BCUT2D eigenvalue weighted by Crippen LogP contribution is -2.20. The van der Waals surface area contributed by atoms with Gasteiger partial charge in [-0.25, -0.2) is 0 Å². The Morgan fingerprint density at radius 2 is 1.76 bits per heavy atom. The first-order chi connectivity index (χ1) is 10.1. The fourth-order valence-electron chi connectivity index (χ4n) is 2.94. The SMILES string of the molecule is Cc1cc(C)cc(CC(N)c2cccc3c2OCCO3)c1. The van der Waals surface area contributed by atoms with E-state index in [1.54, 1.807) is 0 Å². The molecule has 0 spiro atoms. The largest absolute Gasteiger partial charge is 0.486 e. The molecule has 0 aromatic heterocycles. The quantitative estimate of drug-likeness (QED) is 0.940. The van der Waals surface area contributed by atoms with Crippen molar-refractivity contribution in [2.75, 3.05) is 13.2 Å². The monoisotopic (exact) mass is 283 g/mol. The van der Waals surface area contributed by atoms with Gasteiger partial charge in [0.05, 0.1) is 0 Å². The zero-order chi connectivity index (χ0) is 14.8. The lowest BCUT2D eigenvalue weighted by Gasteiger charge is -2.23. The minimum Gasteiger partial charge on any atom is -0.486 e. The van der Waals surface area contributed by atoms with Crippen LogP contribution in [0.15, 0.2) is 36.4 Å². The van der Waals surface area contributed by atoms with Gasteiger partial charge < -0.3 is 15.2 Å². The highest BCUT2D eigenvalue weighted by Gasteiger charge is 2.20. The highest BCUT2D eigenvalue weighted by Crippen LogP contribution is 2.37. The van der Waals surface area contributed by atoms with Crippen molar-refractivity contribution >= 4 is 0 Å². The molecule has 3 nitrogen and oxygen atoms in total. The minimum atomic E-state index is -0.0946. The number of ether oxygens (including phenoxy) is 2. The Morgan fingerprint density at radius 3 is 2.52 bits per heavy atom. The van der Waals surface area contributed by atoms with Gasteiger partial charge in [-0.2, -0.15) is 0 Å². The first-order valence-corrected chi connectivity index (χ1v) is 7.35. The van der Waals surface area contributed by atoms with Crippen molar-refractivity contribution in [2.24, 2.45) is 5.73 Å². The molecule has 1 aliphatic heterocycles. The zero-order valence-corrected chi connectivity index (χ0v) is 12.6. The molecule has 0 aliphatic carbocycles. The lowest BCUT2D eigenvalue weighted by atomic mass is 9.96. The van der Waals surface area contributed by atoms with Gasteiger partial charge in [-0.15, -0.1) is 0 Å². The van der Waals surface area contributed by atoms with Crippen LogP contribution >= 0.6 is 0 Å². The third-order valence-electron chi connectivity index (χ3n) is 3.73. The van der Waals surface area contributed by atoms with E-state index in [2.05, 4.69) is 32.0 Å². The summed E-state index contributed by atoms with van der Waals surface area (Å²) in [6.45, 7) is 5.41. The van der Waals surface area contributed by atoms with Gasteiger partial charge in [-0.05, 0) is 31.9 Å². The number of aryl methyl sites for hydroxylation is 2. The Labute approximate surface area is 125 Å². The predicted octanol–water partition coefficient (Wildman–Crippen LogP) is 3.32. The van der Waals surface area contributed by atoms with Gasteiger partial charge in [0.25, 0.3) is 0 Å². The molecule has 2 N–H and O–H groups in total. The van der Waals surface area contributed by atoms with Crippen LogP contribution in [0.2, 0.25) is 0 Å². The first-order valence-electron chi connectivity index (χ1n) is 7.35. The summed E-state index contributed by atoms with van der Waals surface area (Å²) in [5.74, 6) is 1.61. The van der Waals surface area contributed by atoms with Crippen LogP contribution < -0.4 is 15.2 Å². The van der Waals surface area contributed by atoms with E-state index in [1.165, 1.54) is 16.7 Å². The van der Waals surface area contributed by atoms with Crippen molar-refractivity contribution in [2.45, 2.75) is 26.3 Å². The molecule has 0 fully saturated rings. The van der Waals surface area contributed by atoms with Crippen LogP contribution in [0, 0.1) is 13.8 Å². The van der Waals surface area contributed by atoms with Crippen LogP contribution in [-0.2, 0) is 6.42 Å². The van der Waals surface area contributed by atoms with Crippen LogP contribution in [0.25, 0.3) is 0 Å². The van der Waals surface area contributed by atoms with Crippen molar-refractivity contribution < 1.29 is 9.47 Å². The molecule has 0 bridgehead atoms. The molecule has 0 saturated heterocycles. The molecule has 1 atom stereocenters. The third kappa shape index (κ3) is 3.03. The Morgan fingerprint density at radius 1 is 1.05 bits per heavy atom. The summed E-state index contributed by atoms with van der Waals surface area (Å²) in [6, 6.07) is 12.4. The van der Waals surface area contributed by atoms with Gasteiger partial charge in [0.2, 0.25) is 0 Å². The van der Waals surface area contributed by atoms with Gasteiger partial charge >= 0.3 is 0 Å². The van der Waals surface area contributed by atoms with Crippen LogP contribution in [-0.4, -0.2) is 13.2 Å². The number of hydrogen-bond donors (Lipinski definition) is 1. The van der Waals surface area contributed by atoms with E-state index in [4.69, 9.17) is 15.2 Å². The van der Waals surface area contributed by atoms with Crippen molar-refractivity contribution in [3.63, 3.8) is 0 Å². The van der Waals surface area contributed by atoms with E-state index < -0.39 is 0 Å². The first kappa shape index (κ1) is 14.0. The second kappa shape index (κ2) is 5.78. The van der Waals surface area contributed by atoms with Crippen molar-refractivity contribution in [1.82, 2.24) is 0 Å². The summed E-state index contributed by atoms with van der Waals surface area (Å²) < 4.78 is 11.4. The highest BCUT2D eigenvalue weighted by atomic mass is 16.6. The third-order valence-corrected chi connectivity index (χ3v) is 3.73. The molecule has 1 heterocycles. The molecule has 1 aliphatic rings. The maximum Gasteiger partial charge on any atom is 0.166 e. The second-order valence-corrected chi connectivity index (χ2v) is 5.68. The Bertz CT molecular complexity index is 631. The van der Waals surface area contributed by atoms with Gasteiger partial charge in [0.15, 0.2) is 11.5 Å². The summed E-state index contributed by atoms with van der Waals surface area (Å²) in [7, 11) is 0. The van der Waals surface area contributed by atoms with Crippen molar-refractivity contribution in [1.29, 1.82) is 0 Å². The normalized spacial score (nSPS) is 14.8. The van der Waals surface area contributed by atoms with E-state index in [-0.39, 0.29) is 6.04 Å². The van der Waals surface area contributed by atoms with E-state index in [0.717, 1.165) is 23.5 Å². The zero-order valence-electron chi connectivity index (χ0n) is 12.6. The summed E-state index contributed by atoms with van der Waals surface area (Å²) in [6.07, 6.45) is 0.794. The smallest absolute Gasteiger partial charge is 0.166 e. The molecule has 0 saturated carbocycles. The highest BCUT2D eigenvalue weighted by molar-refractivity contribution is 5.49. The Balaban J connectivity index is 1.87. The number of rotatable bonds is 3. The van der Waals surface area contributed by atoms with Crippen LogP contribution in [0.5, 0.6) is 11.5 Å². The number of nitrogens with two attached hydrogens (primary N) is 1. The molecule has 2 aromatic carbocycles. The molecule has 3 heteroatoms. The van der Waals surface area contributed by atoms with E-state index in [1.807, 2.05) is 18.2 Å². The Kier molecular flexibility index (Phi) is 3.84. The molecule has 1 unspecified atom stereocenters. The van der Waals surface area contributed by atoms with Crippen molar-refractivity contribution in [3.05, 3.63) is 58.7 Å². The summed E-state index contributed by atoms with van der Waals surface area (Å²) in [4.78, 5) is 0. The lowest BCUT2D eigenvalue weighted by molar-refractivity contribution is 0.169. The predicted molar refractivity (Wildman–Crippen MR) is 84.0 cm³/mol. The number of benzene rings is 2. The molecule has 3 rings (SSSR count). The van der Waals surface area contributed by atoms with Crippen LogP contribution in [0.3, 0.4) is 0 Å². The second-order valence-electron chi connectivity index (χ2n) is 5.68. The number of hydrogen-bond acceptors (Lipinski definition) is 3. The van der Waals surface area contributed by atoms with Crippen LogP contribution in [0.4, 0.5) is 0 Å². The van der Waals surface area contributed by atoms with Gasteiger partial charge in [0.1, 0.15) is 13.2 Å².